The van der Waals surface area contributed by atoms with Gasteiger partial charge in [-0.1, -0.05) is 6.07 Å². The average Bonchev–Trinajstić information content (AvgIpc) is 2.38. The van der Waals surface area contributed by atoms with Gasteiger partial charge in [0.2, 0.25) is 0 Å². The molecule has 1 atom stereocenters. The van der Waals surface area contributed by atoms with Gasteiger partial charge < -0.3 is 10.2 Å². The van der Waals surface area contributed by atoms with Crippen LogP contribution in [0.1, 0.15) is 28.8 Å². The van der Waals surface area contributed by atoms with Crippen molar-refractivity contribution < 1.29 is 9.18 Å². The molecule has 0 aliphatic carbocycles. The van der Waals surface area contributed by atoms with Gasteiger partial charge in [-0.3, -0.25) is 4.79 Å². The van der Waals surface area contributed by atoms with Gasteiger partial charge in [0, 0.05) is 19.6 Å². The highest BCUT2D eigenvalue weighted by molar-refractivity contribution is 5.94. The Labute approximate surface area is 107 Å². The van der Waals surface area contributed by atoms with Gasteiger partial charge in [-0.15, -0.1) is 0 Å². The number of nitrogens with one attached hydrogen (secondary N) is 1. The zero-order valence-corrected chi connectivity index (χ0v) is 10.9. The monoisotopic (exact) mass is 250 g/mol. The van der Waals surface area contributed by atoms with Crippen molar-refractivity contribution >= 4 is 5.91 Å². The number of benzene rings is 1. The Morgan fingerprint density at radius 1 is 1.50 bits per heavy atom. The van der Waals surface area contributed by atoms with Crippen molar-refractivity contribution in [1.82, 2.24) is 10.2 Å². The fraction of sp³-hybridized carbons (Fsp3) is 0.500. The van der Waals surface area contributed by atoms with Crippen LogP contribution >= 0.6 is 0 Å². The molecule has 0 radical (unpaired) electrons. The Hall–Kier alpha value is -1.42. The number of aryl methyl sites for hydroxylation is 1. The fourth-order valence-corrected chi connectivity index (χ4v) is 2.31. The second-order valence-corrected chi connectivity index (χ2v) is 4.90. The number of hydrogen-bond donors (Lipinski definition) is 1. The zero-order chi connectivity index (χ0) is 13.1. The van der Waals surface area contributed by atoms with Crippen LogP contribution in [0.2, 0.25) is 0 Å². The Bertz CT molecular complexity index is 441. The van der Waals surface area contributed by atoms with Crippen molar-refractivity contribution in [3.05, 3.63) is 35.1 Å². The SMILES string of the molecule is Cc1ccc(C(=O)N(C)C2CCCNC2)c(F)c1. The normalized spacial score (nSPS) is 19.6. The van der Waals surface area contributed by atoms with E-state index in [0.29, 0.717) is 0 Å². The third-order valence-corrected chi connectivity index (χ3v) is 3.49. The average molecular weight is 250 g/mol. The summed E-state index contributed by atoms with van der Waals surface area (Å²) in [5.41, 5.74) is 0.986. The molecule has 4 heteroatoms. The molecule has 0 saturated carbocycles. The van der Waals surface area contributed by atoms with Crippen LogP contribution in [-0.2, 0) is 0 Å². The van der Waals surface area contributed by atoms with Gasteiger partial charge in [-0.2, -0.15) is 0 Å². The first kappa shape index (κ1) is 13.0. The molecule has 1 aliphatic heterocycles. The minimum atomic E-state index is -0.435. The van der Waals surface area contributed by atoms with Crippen LogP contribution in [0.15, 0.2) is 18.2 Å². The molecule has 1 aromatic rings. The van der Waals surface area contributed by atoms with E-state index in [-0.39, 0.29) is 17.5 Å². The van der Waals surface area contributed by atoms with E-state index < -0.39 is 5.82 Å². The second kappa shape index (κ2) is 5.48. The number of hydrogen-bond acceptors (Lipinski definition) is 2. The van der Waals surface area contributed by atoms with Gasteiger partial charge in [0.05, 0.1) is 5.56 Å². The number of carbonyl (C=O) groups excluding carboxylic acids is 1. The molecule has 3 nitrogen and oxygen atoms in total. The standard InChI is InChI=1S/C14H19FN2O/c1-10-5-6-12(13(15)8-10)14(18)17(2)11-4-3-7-16-9-11/h5-6,8,11,16H,3-4,7,9H2,1-2H3. The molecular formula is C14H19FN2O. The van der Waals surface area contributed by atoms with Crippen molar-refractivity contribution in [2.24, 2.45) is 0 Å². The van der Waals surface area contributed by atoms with E-state index in [0.717, 1.165) is 31.5 Å². The largest absolute Gasteiger partial charge is 0.337 e. The summed E-state index contributed by atoms with van der Waals surface area (Å²) in [5, 5.41) is 3.26. The Balaban J connectivity index is 2.14. The van der Waals surface area contributed by atoms with E-state index >= 15 is 0 Å². The van der Waals surface area contributed by atoms with E-state index in [4.69, 9.17) is 0 Å². The lowest BCUT2D eigenvalue weighted by Gasteiger charge is -2.31. The first-order valence-corrected chi connectivity index (χ1v) is 6.33. The molecule has 1 aliphatic rings. The summed E-state index contributed by atoms with van der Waals surface area (Å²) < 4.78 is 13.8. The number of likely N-dealkylation sites (N-methyl/N-ethyl adjacent to an activating group) is 1. The number of piperidine rings is 1. The predicted molar refractivity (Wildman–Crippen MR) is 69.1 cm³/mol. The number of halogens is 1. The predicted octanol–water partition coefficient (Wildman–Crippen LogP) is 1.96. The molecule has 0 aromatic heterocycles. The highest BCUT2D eigenvalue weighted by Crippen LogP contribution is 2.16. The second-order valence-electron chi connectivity index (χ2n) is 4.90. The van der Waals surface area contributed by atoms with Crippen LogP contribution in [0.5, 0.6) is 0 Å². The molecule has 0 bridgehead atoms. The van der Waals surface area contributed by atoms with Crippen molar-refractivity contribution in [3.63, 3.8) is 0 Å². The zero-order valence-electron chi connectivity index (χ0n) is 10.9. The van der Waals surface area contributed by atoms with Gasteiger partial charge in [0.25, 0.3) is 5.91 Å². The first-order valence-electron chi connectivity index (χ1n) is 6.33. The van der Waals surface area contributed by atoms with Crippen LogP contribution in [0.4, 0.5) is 4.39 Å². The lowest BCUT2D eigenvalue weighted by Crippen LogP contribution is -2.46. The molecule has 1 unspecified atom stereocenters. The third kappa shape index (κ3) is 2.70. The maximum absolute atomic E-state index is 13.8. The molecule has 1 heterocycles. The maximum Gasteiger partial charge on any atom is 0.256 e. The molecule has 1 saturated heterocycles. The van der Waals surface area contributed by atoms with E-state index in [2.05, 4.69) is 5.32 Å². The van der Waals surface area contributed by atoms with Gasteiger partial charge in [0.15, 0.2) is 0 Å². The number of amides is 1. The van der Waals surface area contributed by atoms with Crippen LogP contribution in [0.25, 0.3) is 0 Å². The van der Waals surface area contributed by atoms with Crippen molar-refractivity contribution in [1.29, 1.82) is 0 Å². The summed E-state index contributed by atoms with van der Waals surface area (Å²) in [6, 6.07) is 4.90. The van der Waals surface area contributed by atoms with E-state index in [1.807, 2.05) is 6.92 Å². The summed E-state index contributed by atoms with van der Waals surface area (Å²) >= 11 is 0. The van der Waals surface area contributed by atoms with Gasteiger partial charge in [-0.25, -0.2) is 4.39 Å². The molecule has 1 N–H and O–H groups in total. The maximum atomic E-state index is 13.8. The summed E-state index contributed by atoms with van der Waals surface area (Å²) in [7, 11) is 1.75. The lowest BCUT2D eigenvalue weighted by atomic mass is 10.0. The van der Waals surface area contributed by atoms with E-state index in [1.54, 1.807) is 24.1 Å². The molecular weight excluding hydrogens is 231 g/mol. The molecule has 1 amide bonds. The molecule has 18 heavy (non-hydrogen) atoms. The quantitative estimate of drug-likeness (QED) is 0.870. The van der Waals surface area contributed by atoms with Crippen LogP contribution < -0.4 is 5.32 Å². The van der Waals surface area contributed by atoms with E-state index in [9.17, 15) is 9.18 Å². The number of rotatable bonds is 2. The van der Waals surface area contributed by atoms with Gasteiger partial charge >= 0.3 is 0 Å². The minimum absolute atomic E-state index is 0.159. The third-order valence-electron chi connectivity index (χ3n) is 3.49. The molecule has 0 spiro atoms. The summed E-state index contributed by atoms with van der Waals surface area (Å²) in [4.78, 5) is 13.9. The van der Waals surface area contributed by atoms with Crippen molar-refractivity contribution in [2.45, 2.75) is 25.8 Å². The summed E-state index contributed by atoms with van der Waals surface area (Å²) in [6.45, 7) is 3.60. The van der Waals surface area contributed by atoms with Gasteiger partial charge in [-0.05, 0) is 44.0 Å². The lowest BCUT2D eigenvalue weighted by molar-refractivity contribution is 0.0703. The fourth-order valence-electron chi connectivity index (χ4n) is 2.31. The Morgan fingerprint density at radius 2 is 2.28 bits per heavy atom. The highest BCUT2D eigenvalue weighted by atomic mass is 19.1. The highest BCUT2D eigenvalue weighted by Gasteiger charge is 2.24. The minimum Gasteiger partial charge on any atom is -0.337 e. The van der Waals surface area contributed by atoms with Crippen LogP contribution in [0.3, 0.4) is 0 Å². The van der Waals surface area contributed by atoms with Crippen molar-refractivity contribution in [2.75, 3.05) is 20.1 Å². The molecule has 2 rings (SSSR count). The van der Waals surface area contributed by atoms with Gasteiger partial charge in [0.1, 0.15) is 5.82 Å². The number of nitrogens with zero attached hydrogens (tertiary/aromatic N) is 1. The van der Waals surface area contributed by atoms with E-state index in [1.165, 1.54) is 6.07 Å². The smallest absolute Gasteiger partial charge is 0.256 e. The summed E-state index contributed by atoms with van der Waals surface area (Å²) in [5.74, 6) is -0.670. The topological polar surface area (TPSA) is 32.3 Å². The Kier molecular flexibility index (Phi) is 3.97. The summed E-state index contributed by atoms with van der Waals surface area (Å²) in [6.07, 6.45) is 2.03. The molecule has 1 aromatic carbocycles. The first-order chi connectivity index (χ1) is 8.59. The van der Waals surface area contributed by atoms with Crippen LogP contribution in [-0.4, -0.2) is 37.0 Å². The number of carbonyl (C=O) groups is 1. The molecule has 1 fully saturated rings. The van der Waals surface area contributed by atoms with Crippen LogP contribution in [0, 0.1) is 12.7 Å². The Morgan fingerprint density at radius 3 is 2.89 bits per heavy atom. The van der Waals surface area contributed by atoms with Crippen molar-refractivity contribution in [3.8, 4) is 0 Å². The molecule has 98 valence electrons.